The molecule has 2 atom stereocenters. The van der Waals surface area contributed by atoms with Crippen LogP contribution in [0, 0.1) is 0 Å². The summed E-state index contributed by atoms with van der Waals surface area (Å²) in [5, 5.41) is 10.5. The van der Waals surface area contributed by atoms with Crippen molar-refractivity contribution in [1.29, 1.82) is 0 Å². The van der Waals surface area contributed by atoms with Crippen LogP contribution in [0.2, 0.25) is 0 Å². The summed E-state index contributed by atoms with van der Waals surface area (Å²) in [6, 6.07) is 6.22. The molecule has 0 bridgehead atoms. The largest absolute Gasteiger partial charge is 0.496 e. The van der Waals surface area contributed by atoms with E-state index in [0.717, 1.165) is 44.3 Å². The second-order valence-corrected chi connectivity index (χ2v) is 5.32. The Bertz CT molecular complexity index is 411. The fourth-order valence-electron chi connectivity index (χ4n) is 3.12. The van der Waals surface area contributed by atoms with Crippen LogP contribution in [0.3, 0.4) is 0 Å². The van der Waals surface area contributed by atoms with Crippen molar-refractivity contribution < 1.29 is 9.84 Å². The lowest BCUT2D eigenvalue weighted by Crippen LogP contribution is -2.23. The molecule has 2 heteroatoms. The van der Waals surface area contributed by atoms with E-state index in [1.165, 1.54) is 11.1 Å². The van der Waals surface area contributed by atoms with Gasteiger partial charge in [-0.25, -0.2) is 0 Å². The Kier molecular flexibility index (Phi) is 5.03. The van der Waals surface area contributed by atoms with Crippen molar-refractivity contribution in [2.24, 2.45) is 0 Å². The number of aliphatic hydroxyl groups excluding tert-OH is 1. The maximum atomic E-state index is 10.5. The second-order valence-electron chi connectivity index (χ2n) is 5.32. The molecule has 2 nitrogen and oxygen atoms in total. The molecule has 1 N–H and O–H groups in total. The van der Waals surface area contributed by atoms with Gasteiger partial charge in [0.15, 0.2) is 0 Å². The first-order chi connectivity index (χ1) is 9.27. The Morgan fingerprint density at radius 3 is 3.11 bits per heavy atom. The van der Waals surface area contributed by atoms with Gasteiger partial charge in [-0.05, 0) is 50.2 Å². The lowest BCUT2D eigenvalue weighted by molar-refractivity contribution is 0.121. The molecule has 1 aromatic rings. The molecule has 0 fully saturated rings. The zero-order valence-corrected chi connectivity index (χ0v) is 11.8. The number of allylic oxidation sites excluding steroid dienone is 1. The average molecular weight is 260 g/mol. The first-order valence-corrected chi connectivity index (χ1v) is 7.22. The van der Waals surface area contributed by atoms with E-state index in [9.17, 15) is 5.11 Å². The van der Waals surface area contributed by atoms with Gasteiger partial charge in [0.1, 0.15) is 5.75 Å². The third-order valence-electron chi connectivity index (χ3n) is 4.08. The number of rotatable bonds is 6. The Balaban J connectivity index is 2.18. The average Bonchev–Trinajstić information content (AvgIpc) is 2.46. The lowest BCUT2D eigenvalue weighted by Gasteiger charge is -2.31. The molecular formula is C17H24O2. The maximum Gasteiger partial charge on any atom is 0.122 e. The summed E-state index contributed by atoms with van der Waals surface area (Å²) in [7, 11) is 1.71. The van der Waals surface area contributed by atoms with Crippen molar-refractivity contribution in [3.8, 4) is 5.75 Å². The third-order valence-corrected chi connectivity index (χ3v) is 4.08. The Hall–Kier alpha value is -1.28. The molecule has 104 valence electrons. The molecule has 0 spiro atoms. The second kappa shape index (κ2) is 6.76. The molecule has 0 heterocycles. The van der Waals surface area contributed by atoms with Gasteiger partial charge in [0.25, 0.3) is 0 Å². The molecule has 1 aliphatic carbocycles. The number of benzene rings is 1. The fraction of sp³-hybridized carbons (Fsp3) is 0.529. The zero-order valence-electron chi connectivity index (χ0n) is 11.8. The van der Waals surface area contributed by atoms with Crippen LogP contribution in [0.1, 0.15) is 49.1 Å². The molecule has 1 aliphatic rings. The number of aryl methyl sites for hydroxylation is 1. The van der Waals surface area contributed by atoms with Gasteiger partial charge in [0.2, 0.25) is 0 Å². The normalized spacial score (nSPS) is 19.6. The fourth-order valence-corrected chi connectivity index (χ4v) is 3.12. The monoisotopic (exact) mass is 260 g/mol. The molecule has 0 amide bonds. The highest BCUT2D eigenvalue weighted by Gasteiger charge is 2.28. The molecule has 19 heavy (non-hydrogen) atoms. The highest BCUT2D eigenvalue weighted by atomic mass is 16.5. The molecule has 0 aromatic heterocycles. The first kappa shape index (κ1) is 14.1. The molecule has 2 rings (SSSR count). The van der Waals surface area contributed by atoms with Crippen molar-refractivity contribution in [2.75, 3.05) is 7.11 Å². The van der Waals surface area contributed by atoms with Crippen LogP contribution in [0.15, 0.2) is 30.9 Å². The molecule has 0 aliphatic heterocycles. The van der Waals surface area contributed by atoms with Gasteiger partial charge >= 0.3 is 0 Å². The van der Waals surface area contributed by atoms with Crippen LogP contribution in [0.25, 0.3) is 0 Å². The summed E-state index contributed by atoms with van der Waals surface area (Å²) in [6.07, 6.45) is 7.79. The summed E-state index contributed by atoms with van der Waals surface area (Å²) < 4.78 is 5.49. The van der Waals surface area contributed by atoms with Gasteiger partial charge in [0.05, 0.1) is 13.2 Å². The predicted molar refractivity (Wildman–Crippen MR) is 78.7 cm³/mol. The van der Waals surface area contributed by atoms with Crippen LogP contribution >= 0.6 is 0 Å². The lowest BCUT2D eigenvalue weighted by atomic mass is 9.78. The zero-order chi connectivity index (χ0) is 13.7. The Morgan fingerprint density at radius 2 is 2.37 bits per heavy atom. The minimum Gasteiger partial charge on any atom is -0.496 e. The van der Waals surface area contributed by atoms with E-state index in [1.807, 2.05) is 18.2 Å². The van der Waals surface area contributed by atoms with Crippen LogP contribution in [0.5, 0.6) is 5.75 Å². The van der Waals surface area contributed by atoms with E-state index in [1.54, 1.807) is 7.11 Å². The topological polar surface area (TPSA) is 29.5 Å². The highest BCUT2D eigenvalue weighted by Crippen LogP contribution is 2.40. The number of hydrogen-bond acceptors (Lipinski definition) is 2. The smallest absolute Gasteiger partial charge is 0.122 e. The van der Waals surface area contributed by atoms with E-state index in [2.05, 4.69) is 12.6 Å². The van der Waals surface area contributed by atoms with E-state index >= 15 is 0 Å². The van der Waals surface area contributed by atoms with Crippen molar-refractivity contribution >= 4 is 0 Å². The summed E-state index contributed by atoms with van der Waals surface area (Å²) in [5.41, 5.74) is 2.58. The minimum atomic E-state index is -0.268. The number of fused-ring (bicyclic) bond motifs is 1. The van der Waals surface area contributed by atoms with E-state index in [4.69, 9.17) is 4.74 Å². The summed E-state index contributed by atoms with van der Waals surface area (Å²) >= 11 is 0. The number of ether oxygens (including phenoxy) is 1. The predicted octanol–water partition coefficient (Wildman–Crippen LogP) is 3.83. The molecule has 2 unspecified atom stereocenters. The summed E-state index contributed by atoms with van der Waals surface area (Å²) in [6.45, 7) is 3.73. The van der Waals surface area contributed by atoms with Crippen LogP contribution in [0.4, 0.5) is 0 Å². The van der Waals surface area contributed by atoms with Gasteiger partial charge in [0, 0.05) is 11.5 Å². The highest BCUT2D eigenvalue weighted by molar-refractivity contribution is 5.44. The van der Waals surface area contributed by atoms with Crippen molar-refractivity contribution in [3.63, 3.8) is 0 Å². The number of methoxy groups -OCH3 is 1. The number of unbranched alkanes of at least 4 members (excludes halogenated alkanes) is 1. The van der Waals surface area contributed by atoms with Crippen molar-refractivity contribution in [2.45, 2.75) is 50.5 Å². The Labute approximate surface area is 116 Å². The van der Waals surface area contributed by atoms with Gasteiger partial charge < -0.3 is 9.84 Å². The van der Waals surface area contributed by atoms with Crippen molar-refractivity contribution in [3.05, 3.63) is 42.0 Å². The van der Waals surface area contributed by atoms with Crippen LogP contribution < -0.4 is 4.74 Å². The molecule has 0 radical (unpaired) electrons. The van der Waals surface area contributed by atoms with Gasteiger partial charge in [-0.2, -0.15) is 0 Å². The van der Waals surface area contributed by atoms with Gasteiger partial charge in [-0.1, -0.05) is 18.2 Å². The molecule has 1 aromatic carbocycles. The van der Waals surface area contributed by atoms with Crippen molar-refractivity contribution in [1.82, 2.24) is 0 Å². The third kappa shape index (κ3) is 3.19. The van der Waals surface area contributed by atoms with E-state index < -0.39 is 0 Å². The molecule has 0 saturated carbocycles. The maximum absolute atomic E-state index is 10.5. The van der Waals surface area contributed by atoms with E-state index in [0.29, 0.717) is 0 Å². The first-order valence-electron chi connectivity index (χ1n) is 7.22. The van der Waals surface area contributed by atoms with Crippen LogP contribution in [-0.2, 0) is 6.42 Å². The van der Waals surface area contributed by atoms with Crippen LogP contribution in [-0.4, -0.2) is 18.3 Å². The standard InChI is InChI=1S/C17H24O2/c1-3-4-5-11-15(18)14-10-6-8-13-9-7-12-16(19-2)17(13)14/h3,7,9,12,14-15,18H,1,4-6,8,10-11H2,2H3. The van der Waals surface area contributed by atoms with E-state index in [-0.39, 0.29) is 12.0 Å². The molecule has 0 saturated heterocycles. The number of aliphatic hydroxyl groups is 1. The Morgan fingerprint density at radius 1 is 1.53 bits per heavy atom. The van der Waals surface area contributed by atoms with Gasteiger partial charge in [-0.15, -0.1) is 6.58 Å². The summed E-state index contributed by atoms with van der Waals surface area (Å²) in [4.78, 5) is 0. The molecular weight excluding hydrogens is 236 g/mol. The van der Waals surface area contributed by atoms with Gasteiger partial charge in [-0.3, -0.25) is 0 Å². The number of hydrogen-bond donors (Lipinski definition) is 1. The minimum absolute atomic E-state index is 0.227. The quantitative estimate of drug-likeness (QED) is 0.622. The summed E-state index contributed by atoms with van der Waals surface area (Å²) in [5.74, 6) is 1.16. The SMILES string of the molecule is C=CCCCC(O)C1CCCc2cccc(OC)c21.